The van der Waals surface area contributed by atoms with Crippen molar-refractivity contribution in [2.75, 3.05) is 37.8 Å². The Morgan fingerprint density at radius 2 is 2.00 bits per heavy atom. The number of amides is 1. The van der Waals surface area contributed by atoms with Crippen LogP contribution in [0.2, 0.25) is 0 Å². The van der Waals surface area contributed by atoms with Crippen molar-refractivity contribution in [3.05, 3.63) is 46.1 Å². The Labute approximate surface area is 144 Å². The molecule has 0 atom stereocenters. The number of aryl methyl sites for hydroxylation is 1. The van der Waals surface area contributed by atoms with Gasteiger partial charge in [-0.1, -0.05) is 15.9 Å². The number of halogens is 1. The standard InChI is InChI=1S/C16H20BrN5O/c1-11-10-12(17)4-5-13(11)19-16(23)14-6-7-15(21-20-14)18-8-9-22(2)3/h4-7,10H,8-9H2,1-3H3,(H,18,21)(H,19,23). The normalized spacial score (nSPS) is 10.7. The molecule has 7 heteroatoms. The van der Waals surface area contributed by atoms with Crippen molar-refractivity contribution in [3.63, 3.8) is 0 Å². The molecule has 0 saturated heterocycles. The van der Waals surface area contributed by atoms with Crippen LogP contribution in [0.15, 0.2) is 34.8 Å². The summed E-state index contributed by atoms with van der Waals surface area (Å²) in [5.41, 5.74) is 2.02. The van der Waals surface area contributed by atoms with Crippen LogP contribution in [-0.2, 0) is 0 Å². The fourth-order valence-electron chi connectivity index (χ4n) is 1.91. The van der Waals surface area contributed by atoms with Crippen molar-refractivity contribution < 1.29 is 4.79 Å². The second-order valence-corrected chi connectivity index (χ2v) is 6.36. The van der Waals surface area contributed by atoms with Gasteiger partial charge in [0.05, 0.1) is 0 Å². The number of hydrogen-bond donors (Lipinski definition) is 2. The van der Waals surface area contributed by atoms with Crippen LogP contribution in [0.3, 0.4) is 0 Å². The van der Waals surface area contributed by atoms with Gasteiger partial charge in [-0.25, -0.2) is 0 Å². The number of rotatable bonds is 6. The lowest BCUT2D eigenvalue weighted by Gasteiger charge is -2.11. The smallest absolute Gasteiger partial charge is 0.276 e. The van der Waals surface area contributed by atoms with Gasteiger partial charge in [-0.15, -0.1) is 10.2 Å². The van der Waals surface area contributed by atoms with E-state index < -0.39 is 0 Å². The molecule has 2 N–H and O–H groups in total. The van der Waals surface area contributed by atoms with Crippen LogP contribution in [0.5, 0.6) is 0 Å². The molecule has 1 amide bonds. The minimum Gasteiger partial charge on any atom is -0.367 e. The molecule has 1 aromatic heterocycles. The number of carbonyl (C=O) groups is 1. The molecular weight excluding hydrogens is 358 g/mol. The molecule has 0 aliphatic heterocycles. The van der Waals surface area contributed by atoms with Crippen LogP contribution in [0.4, 0.5) is 11.5 Å². The van der Waals surface area contributed by atoms with E-state index in [1.165, 1.54) is 0 Å². The van der Waals surface area contributed by atoms with E-state index in [4.69, 9.17) is 0 Å². The molecule has 0 radical (unpaired) electrons. The van der Waals surface area contributed by atoms with Gasteiger partial charge in [0.1, 0.15) is 5.82 Å². The second kappa shape index (κ2) is 8.03. The SMILES string of the molecule is Cc1cc(Br)ccc1NC(=O)c1ccc(NCCN(C)C)nn1. The van der Waals surface area contributed by atoms with Crippen molar-refractivity contribution in [1.29, 1.82) is 0 Å². The van der Waals surface area contributed by atoms with Gasteiger partial charge in [0, 0.05) is 23.2 Å². The number of nitrogens with zero attached hydrogens (tertiary/aromatic N) is 3. The van der Waals surface area contributed by atoms with Gasteiger partial charge < -0.3 is 15.5 Å². The summed E-state index contributed by atoms with van der Waals surface area (Å²) in [4.78, 5) is 14.3. The first kappa shape index (κ1) is 17.4. The Morgan fingerprint density at radius 1 is 1.22 bits per heavy atom. The summed E-state index contributed by atoms with van der Waals surface area (Å²) in [7, 11) is 4.01. The minimum absolute atomic E-state index is 0.275. The van der Waals surface area contributed by atoms with Gasteiger partial charge >= 0.3 is 0 Å². The molecule has 1 aromatic carbocycles. The van der Waals surface area contributed by atoms with Gasteiger partial charge in [-0.05, 0) is 56.9 Å². The summed E-state index contributed by atoms with van der Waals surface area (Å²) in [6.45, 7) is 3.60. The third kappa shape index (κ3) is 5.30. The highest BCUT2D eigenvalue weighted by Gasteiger charge is 2.10. The molecule has 0 aliphatic carbocycles. The average molecular weight is 378 g/mol. The van der Waals surface area contributed by atoms with Crippen LogP contribution in [0, 0.1) is 6.92 Å². The topological polar surface area (TPSA) is 70.2 Å². The van der Waals surface area contributed by atoms with Crippen LogP contribution in [0.1, 0.15) is 16.1 Å². The maximum Gasteiger partial charge on any atom is 0.276 e. The Bertz CT molecular complexity index is 673. The van der Waals surface area contributed by atoms with Crippen LogP contribution in [0.25, 0.3) is 0 Å². The van der Waals surface area contributed by atoms with Crippen molar-refractivity contribution in [1.82, 2.24) is 15.1 Å². The van der Waals surface area contributed by atoms with E-state index in [1.807, 2.05) is 39.2 Å². The second-order valence-electron chi connectivity index (χ2n) is 5.45. The Balaban J connectivity index is 1.97. The summed E-state index contributed by atoms with van der Waals surface area (Å²) in [6, 6.07) is 9.09. The van der Waals surface area contributed by atoms with Gasteiger partial charge in [0.25, 0.3) is 5.91 Å². The zero-order valence-corrected chi connectivity index (χ0v) is 15.0. The van der Waals surface area contributed by atoms with E-state index in [1.54, 1.807) is 12.1 Å². The van der Waals surface area contributed by atoms with Crippen molar-refractivity contribution in [2.45, 2.75) is 6.92 Å². The molecule has 2 rings (SSSR count). The lowest BCUT2D eigenvalue weighted by molar-refractivity contribution is 0.102. The van der Waals surface area contributed by atoms with Crippen molar-refractivity contribution in [2.24, 2.45) is 0 Å². The van der Waals surface area contributed by atoms with Gasteiger partial charge in [0.2, 0.25) is 0 Å². The molecule has 1 heterocycles. The highest BCUT2D eigenvalue weighted by atomic mass is 79.9. The molecule has 23 heavy (non-hydrogen) atoms. The molecule has 0 fully saturated rings. The molecule has 0 bridgehead atoms. The zero-order valence-electron chi connectivity index (χ0n) is 13.4. The van der Waals surface area contributed by atoms with Crippen molar-refractivity contribution >= 4 is 33.3 Å². The first-order chi connectivity index (χ1) is 11.0. The third-order valence-corrected chi connectivity index (χ3v) is 3.69. The van der Waals surface area contributed by atoms with Crippen molar-refractivity contribution in [3.8, 4) is 0 Å². The fraction of sp³-hybridized carbons (Fsp3) is 0.312. The lowest BCUT2D eigenvalue weighted by atomic mass is 10.2. The molecule has 6 nitrogen and oxygen atoms in total. The Kier molecular flexibility index (Phi) is 6.06. The zero-order chi connectivity index (χ0) is 16.8. The molecular formula is C16H20BrN5O. The number of aromatic nitrogens is 2. The molecule has 122 valence electrons. The highest BCUT2D eigenvalue weighted by molar-refractivity contribution is 9.10. The van der Waals surface area contributed by atoms with Crippen LogP contribution < -0.4 is 10.6 Å². The largest absolute Gasteiger partial charge is 0.367 e. The quantitative estimate of drug-likeness (QED) is 0.809. The number of hydrogen-bond acceptors (Lipinski definition) is 5. The minimum atomic E-state index is -0.275. The first-order valence-electron chi connectivity index (χ1n) is 7.25. The maximum atomic E-state index is 12.2. The highest BCUT2D eigenvalue weighted by Crippen LogP contribution is 2.20. The number of nitrogens with one attached hydrogen (secondary N) is 2. The summed E-state index contributed by atoms with van der Waals surface area (Å²) >= 11 is 3.40. The monoisotopic (exact) mass is 377 g/mol. The summed E-state index contributed by atoms with van der Waals surface area (Å²) < 4.78 is 0.973. The van der Waals surface area contributed by atoms with E-state index in [-0.39, 0.29) is 11.6 Å². The predicted molar refractivity (Wildman–Crippen MR) is 95.9 cm³/mol. The average Bonchev–Trinajstić information content (AvgIpc) is 2.50. The lowest BCUT2D eigenvalue weighted by Crippen LogP contribution is -2.21. The van der Waals surface area contributed by atoms with Gasteiger partial charge in [-0.3, -0.25) is 4.79 Å². The summed E-state index contributed by atoms with van der Waals surface area (Å²) in [6.07, 6.45) is 0. The fourth-order valence-corrected chi connectivity index (χ4v) is 2.38. The number of anilines is 2. The Morgan fingerprint density at radius 3 is 2.61 bits per heavy atom. The van der Waals surface area contributed by atoms with E-state index in [0.29, 0.717) is 5.82 Å². The van der Waals surface area contributed by atoms with E-state index in [9.17, 15) is 4.79 Å². The van der Waals surface area contributed by atoms with E-state index >= 15 is 0 Å². The molecule has 2 aromatic rings. The molecule has 0 saturated carbocycles. The molecule has 0 spiro atoms. The summed E-state index contributed by atoms with van der Waals surface area (Å²) in [5, 5.41) is 14.0. The molecule has 0 unspecified atom stereocenters. The Hall–Kier alpha value is -1.99. The number of benzene rings is 1. The van der Waals surface area contributed by atoms with E-state index in [0.717, 1.165) is 28.8 Å². The number of carbonyl (C=O) groups excluding carboxylic acids is 1. The van der Waals surface area contributed by atoms with Gasteiger partial charge in [0.15, 0.2) is 5.69 Å². The molecule has 0 aliphatic rings. The first-order valence-corrected chi connectivity index (χ1v) is 8.05. The van der Waals surface area contributed by atoms with Crippen LogP contribution >= 0.6 is 15.9 Å². The third-order valence-electron chi connectivity index (χ3n) is 3.20. The van der Waals surface area contributed by atoms with Gasteiger partial charge in [-0.2, -0.15) is 0 Å². The summed E-state index contributed by atoms with van der Waals surface area (Å²) in [5.74, 6) is 0.381. The van der Waals surface area contributed by atoms with Crippen LogP contribution in [-0.4, -0.2) is 48.2 Å². The van der Waals surface area contributed by atoms with E-state index in [2.05, 4.69) is 41.7 Å². The number of likely N-dealkylation sites (N-methyl/N-ethyl adjacent to an activating group) is 1. The predicted octanol–water partition coefficient (Wildman–Crippen LogP) is 2.77. The maximum absolute atomic E-state index is 12.2.